The third-order valence-electron chi connectivity index (χ3n) is 4.33. The van der Waals surface area contributed by atoms with Gasteiger partial charge in [-0.3, -0.25) is 14.9 Å². The normalized spacial score (nSPS) is 12.2. The van der Waals surface area contributed by atoms with Gasteiger partial charge in [0.1, 0.15) is 11.5 Å². The standard InChI is InChI=1S/C22H17N3O4/c1-13-3-2-4-15(11-13)24-22(28)23-14-5-7-16(8-6-14)29-17-9-10-18-19(12-17)21(27)25-20(18)26/h2-12H,1H3,(H2,23,24,28)(H,25,26,27). The lowest BCUT2D eigenvalue weighted by Gasteiger charge is -2.10. The molecule has 3 N–H and O–H groups in total. The van der Waals surface area contributed by atoms with Gasteiger partial charge in [0.05, 0.1) is 11.1 Å². The van der Waals surface area contributed by atoms with Crippen molar-refractivity contribution in [3.05, 3.63) is 83.4 Å². The second-order valence-electron chi connectivity index (χ2n) is 6.57. The summed E-state index contributed by atoms with van der Waals surface area (Å²) in [7, 11) is 0. The number of nitrogens with one attached hydrogen (secondary N) is 3. The lowest BCUT2D eigenvalue weighted by atomic mass is 10.1. The molecule has 4 rings (SSSR count). The van der Waals surface area contributed by atoms with Gasteiger partial charge in [-0.25, -0.2) is 4.79 Å². The van der Waals surface area contributed by atoms with E-state index in [1.54, 1.807) is 36.4 Å². The molecular weight excluding hydrogens is 370 g/mol. The molecule has 0 bridgehead atoms. The van der Waals surface area contributed by atoms with Crippen molar-refractivity contribution in [1.29, 1.82) is 0 Å². The van der Waals surface area contributed by atoms with Crippen LogP contribution in [-0.2, 0) is 0 Å². The quantitative estimate of drug-likeness (QED) is 0.581. The van der Waals surface area contributed by atoms with Gasteiger partial charge >= 0.3 is 6.03 Å². The maximum absolute atomic E-state index is 12.1. The Labute approximate surface area is 166 Å². The number of carbonyl (C=O) groups excluding carboxylic acids is 3. The SMILES string of the molecule is Cc1cccc(NC(=O)Nc2ccc(Oc3ccc4c(c3)C(=O)NC4=O)cc2)c1. The number of urea groups is 1. The number of carbonyl (C=O) groups is 3. The van der Waals surface area contributed by atoms with E-state index >= 15 is 0 Å². The maximum atomic E-state index is 12.1. The van der Waals surface area contributed by atoms with Gasteiger partial charge in [-0.2, -0.15) is 0 Å². The monoisotopic (exact) mass is 387 g/mol. The summed E-state index contributed by atoms with van der Waals surface area (Å²) in [6, 6.07) is 18.7. The predicted octanol–water partition coefficient (Wildman–Crippen LogP) is 4.31. The molecule has 0 atom stereocenters. The number of amides is 4. The van der Waals surface area contributed by atoms with E-state index in [2.05, 4.69) is 16.0 Å². The molecule has 29 heavy (non-hydrogen) atoms. The zero-order valence-electron chi connectivity index (χ0n) is 15.5. The fraction of sp³-hybridized carbons (Fsp3) is 0.0455. The van der Waals surface area contributed by atoms with Crippen molar-refractivity contribution in [1.82, 2.24) is 5.32 Å². The smallest absolute Gasteiger partial charge is 0.323 e. The number of hydrogen-bond acceptors (Lipinski definition) is 4. The first-order valence-electron chi connectivity index (χ1n) is 8.90. The van der Waals surface area contributed by atoms with E-state index in [0.717, 1.165) is 5.56 Å². The molecule has 0 saturated carbocycles. The molecule has 3 aromatic rings. The highest BCUT2D eigenvalue weighted by molar-refractivity contribution is 6.21. The van der Waals surface area contributed by atoms with Crippen LogP contribution in [0, 0.1) is 6.92 Å². The molecule has 7 heteroatoms. The van der Waals surface area contributed by atoms with Crippen LogP contribution in [0.1, 0.15) is 26.3 Å². The molecule has 4 amide bonds. The summed E-state index contributed by atoms with van der Waals surface area (Å²) < 4.78 is 5.74. The summed E-state index contributed by atoms with van der Waals surface area (Å²) in [5, 5.41) is 7.76. The molecule has 0 aliphatic carbocycles. The second-order valence-corrected chi connectivity index (χ2v) is 6.57. The fourth-order valence-electron chi connectivity index (χ4n) is 2.97. The van der Waals surface area contributed by atoms with E-state index in [0.29, 0.717) is 34.0 Å². The van der Waals surface area contributed by atoms with Crippen molar-refractivity contribution in [2.75, 3.05) is 10.6 Å². The van der Waals surface area contributed by atoms with Crippen molar-refractivity contribution >= 4 is 29.2 Å². The Kier molecular flexibility index (Phi) is 4.70. The highest BCUT2D eigenvalue weighted by atomic mass is 16.5. The van der Waals surface area contributed by atoms with Crippen molar-refractivity contribution in [3.8, 4) is 11.5 Å². The van der Waals surface area contributed by atoms with E-state index in [4.69, 9.17) is 4.74 Å². The molecule has 0 spiro atoms. The zero-order valence-corrected chi connectivity index (χ0v) is 15.5. The number of aryl methyl sites for hydroxylation is 1. The molecule has 0 saturated heterocycles. The Balaban J connectivity index is 1.39. The van der Waals surface area contributed by atoms with E-state index in [1.807, 2.05) is 31.2 Å². The summed E-state index contributed by atoms with van der Waals surface area (Å²) in [5.74, 6) is 0.122. The molecule has 0 radical (unpaired) electrons. The zero-order chi connectivity index (χ0) is 20.4. The van der Waals surface area contributed by atoms with Crippen molar-refractivity contribution in [2.45, 2.75) is 6.92 Å². The van der Waals surface area contributed by atoms with E-state index < -0.39 is 11.8 Å². The van der Waals surface area contributed by atoms with Crippen molar-refractivity contribution in [3.63, 3.8) is 0 Å². The van der Waals surface area contributed by atoms with E-state index in [9.17, 15) is 14.4 Å². The first-order chi connectivity index (χ1) is 14.0. The lowest BCUT2D eigenvalue weighted by molar-refractivity contribution is 0.0879. The predicted molar refractivity (Wildman–Crippen MR) is 109 cm³/mol. The van der Waals surface area contributed by atoms with Gasteiger partial charge in [0, 0.05) is 11.4 Å². The van der Waals surface area contributed by atoms with Crippen LogP contribution in [0.5, 0.6) is 11.5 Å². The lowest BCUT2D eigenvalue weighted by Crippen LogP contribution is -2.19. The Morgan fingerprint density at radius 1 is 0.793 bits per heavy atom. The van der Waals surface area contributed by atoms with Gasteiger partial charge in [0.15, 0.2) is 0 Å². The van der Waals surface area contributed by atoms with Gasteiger partial charge < -0.3 is 15.4 Å². The molecule has 0 fully saturated rings. The van der Waals surface area contributed by atoms with Crippen LogP contribution in [0.2, 0.25) is 0 Å². The van der Waals surface area contributed by atoms with Gasteiger partial charge in [0.2, 0.25) is 0 Å². The van der Waals surface area contributed by atoms with Crippen LogP contribution in [0.25, 0.3) is 0 Å². The number of anilines is 2. The van der Waals surface area contributed by atoms with Crippen LogP contribution in [0.15, 0.2) is 66.7 Å². The van der Waals surface area contributed by atoms with Crippen molar-refractivity contribution in [2.24, 2.45) is 0 Å². The Morgan fingerprint density at radius 2 is 1.48 bits per heavy atom. The summed E-state index contributed by atoms with van der Waals surface area (Å²) in [5.41, 5.74) is 2.99. The third-order valence-corrected chi connectivity index (χ3v) is 4.33. The van der Waals surface area contributed by atoms with Gasteiger partial charge in [0.25, 0.3) is 11.8 Å². The summed E-state index contributed by atoms with van der Waals surface area (Å²) in [6.45, 7) is 1.95. The maximum Gasteiger partial charge on any atom is 0.323 e. The molecule has 1 aliphatic rings. The van der Waals surface area contributed by atoms with Crippen LogP contribution in [-0.4, -0.2) is 17.8 Å². The first-order valence-corrected chi connectivity index (χ1v) is 8.90. The molecule has 0 unspecified atom stereocenters. The van der Waals surface area contributed by atoms with Crippen LogP contribution >= 0.6 is 0 Å². The summed E-state index contributed by atoms with van der Waals surface area (Å²) in [4.78, 5) is 35.5. The number of ether oxygens (including phenoxy) is 1. The topological polar surface area (TPSA) is 96.5 Å². The molecule has 1 aliphatic heterocycles. The van der Waals surface area contributed by atoms with E-state index in [-0.39, 0.29) is 6.03 Å². The van der Waals surface area contributed by atoms with E-state index in [1.165, 1.54) is 6.07 Å². The number of hydrogen-bond donors (Lipinski definition) is 3. The number of imide groups is 1. The minimum absolute atomic E-state index is 0.290. The summed E-state index contributed by atoms with van der Waals surface area (Å²) in [6.07, 6.45) is 0. The second kappa shape index (κ2) is 7.47. The average Bonchev–Trinajstić information content (AvgIpc) is 2.97. The average molecular weight is 387 g/mol. The number of rotatable bonds is 4. The highest BCUT2D eigenvalue weighted by Crippen LogP contribution is 2.27. The molecule has 0 aromatic heterocycles. The minimum atomic E-state index is -0.436. The molecule has 144 valence electrons. The third kappa shape index (κ3) is 4.08. The molecule has 1 heterocycles. The molecule has 7 nitrogen and oxygen atoms in total. The van der Waals surface area contributed by atoms with Gasteiger partial charge in [-0.1, -0.05) is 12.1 Å². The molecule has 3 aromatic carbocycles. The van der Waals surface area contributed by atoms with Crippen molar-refractivity contribution < 1.29 is 19.1 Å². The minimum Gasteiger partial charge on any atom is -0.457 e. The van der Waals surface area contributed by atoms with Gasteiger partial charge in [-0.15, -0.1) is 0 Å². The Morgan fingerprint density at radius 3 is 2.24 bits per heavy atom. The highest BCUT2D eigenvalue weighted by Gasteiger charge is 2.26. The van der Waals surface area contributed by atoms with Gasteiger partial charge in [-0.05, 0) is 67.1 Å². The Hall–Kier alpha value is -4.13. The summed E-state index contributed by atoms with van der Waals surface area (Å²) >= 11 is 0. The van der Waals surface area contributed by atoms with Crippen LogP contribution < -0.4 is 20.7 Å². The first kappa shape index (κ1) is 18.2. The molecular formula is C22H17N3O4. The number of fused-ring (bicyclic) bond motifs is 1. The Bertz CT molecular complexity index is 1120. The largest absolute Gasteiger partial charge is 0.457 e. The fourth-order valence-corrected chi connectivity index (χ4v) is 2.97. The van der Waals surface area contributed by atoms with Crippen LogP contribution in [0.4, 0.5) is 16.2 Å². The van der Waals surface area contributed by atoms with Crippen LogP contribution in [0.3, 0.4) is 0 Å². The number of benzene rings is 3.